The number of anilines is 1. The molecule has 6 nitrogen and oxygen atoms in total. The van der Waals surface area contributed by atoms with Crippen LogP contribution in [0.25, 0.3) is 0 Å². The molecule has 0 aliphatic carbocycles. The van der Waals surface area contributed by atoms with Gasteiger partial charge in [0, 0.05) is 20.2 Å². The van der Waals surface area contributed by atoms with Gasteiger partial charge >= 0.3 is 0 Å². The molecular formula is C13H21N3O3. The summed E-state index contributed by atoms with van der Waals surface area (Å²) in [5.41, 5.74) is 1.31. The summed E-state index contributed by atoms with van der Waals surface area (Å²) in [5.74, 6) is -0.196. The van der Waals surface area contributed by atoms with Crippen LogP contribution < -0.4 is 10.6 Å². The first-order valence-electron chi connectivity index (χ1n) is 6.32. The molecule has 0 radical (unpaired) electrons. The van der Waals surface area contributed by atoms with Gasteiger partial charge in [-0.05, 0) is 19.1 Å². The lowest BCUT2D eigenvalue weighted by molar-refractivity contribution is 0.0692. The molecule has 0 aromatic carbocycles. The van der Waals surface area contributed by atoms with Gasteiger partial charge in [-0.15, -0.1) is 0 Å². The molecule has 1 aromatic heterocycles. The van der Waals surface area contributed by atoms with Gasteiger partial charge in [0.2, 0.25) is 0 Å². The monoisotopic (exact) mass is 267 g/mol. The van der Waals surface area contributed by atoms with Crippen molar-refractivity contribution in [2.45, 2.75) is 6.92 Å². The lowest BCUT2D eigenvalue weighted by Gasteiger charge is -2.07. The Hall–Kier alpha value is -1.66. The molecule has 0 saturated carbocycles. The van der Waals surface area contributed by atoms with Crippen molar-refractivity contribution >= 4 is 11.6 Å². The van der Waals surface area contributed by atoms with Gasteiger partial charge in [-0.25, -0.2) is 4.98 Å². The van der Waals surface area contributed by atoms with Crippen LogP contribution >= 0.6 is 0 Å². The molecule has 0 unspecified atom stereocenters. The second-order valence-corrected chi connectivity index (χ2v) is 3.82. The minimum Gasteiger partial charge on any atom is -0.384 e. The van der Waals surface area contributed by atoms with E-state index in [4.69, 9.17) is 9.47 Å². The third-order valence-corrected chi connectivity index (χ3v) is 2.34. The Kier molecular flexibility index (Phi) is 7.53. The normalized spacial score (nSPS) is 10.2. The van der Waals surface area contributed by atoms with E-state index in [0.717, 1.165) is 12.2 Å². The van der Waals surface area contributed by atoms with E-state index in [1.807, 2.05) is 13.0 Å². The van der Waals surface area contributed by atoms with Crippen molar-refractivity contribution < 1.29 is 14.3 Å². The van der Waals surface area contributed by atoms with Crippen LogP contribution in [-0.4, -0.2) is 50.9 Å². The first-order valence-corrected chi connectivity index (χ1v) is 6.32. The zero-order valence-electron chi connectivity index (χ0n) is 11.4. The fraction of sp³-hybridized carbons (Fsp3) is 0.538. The highest BCUT2D eigenvalue weighted by Gasteiger charge is 2.05. The molecule has 0 spiro atoms. The maximum Gasteiger partial charge on any atom is 0.269 e. The Balaban J connectivity index is 2.25. The summed E-state index contributed by atoms with van der Waals surface area (Å²) in [4.78, 5) is 15.8. The first-order chi connectivity index (χ1) is 9.27. The molecule has 0 saturated heterocycles. The predicted octanol–water partition coefficient (Wildman–Crippen LogP) is 0.906. The quantitative estimate of drug-likeness (QED) is 0.651. The maximum atomic E-state index is 11.7. The summed E-state index contributed by atoms with van der Waals surface area (Å²) in [5, 5.41) is 5.86. The van der Waals surface area contributed by atoms with Gasteiger partial charge < -0.3 is 20.1 Å². The first kappa shape index (κ1) is 15.4. The molecule has 0 aliphatic heterocycles. The van der Waals surface area contributed by atoms with Crippen LogP contribution in [0.4, 0.5) is 5.69 Å². The highest BCUT2D eigenvalue weighted by atomic mass is 16.5. The summed E-state index contributed by atoms with van der Waals surface area (Å²) in [6.07, 6.45) is 1.65. The Bertz CT molecular complexity index is 368. The number of nitrogens with one attached hydrogen (secondary N) is 2. The second-order valence-electron chi connectivity index (χ2n) is 3.82. The molecule has 2 N–H and O–H groups in total. The van der Waals surface area contributed by atoms with Gasteiger partial charge in [0.1, 0.15) is 5.69 Å². The molecule has 0 aliphatic rings. The van der Waals surface area contributed by atoms with Gasteiger partial charge in [0.05, 0.1) is 31.7 Å². The molecule has 6 heteroatoms. The number of ether oxygens (including phenoxy) is 2. The summed E-state index contributed by atoms with van der Waals surface area (Å²) >= 11 is 0. The zero-order valence-corrected chi connectivity index (χ0v) is 11.4. The molecular weight excluding hydrogens is 246 g/mol. The van der Waals surface area contributed by atoms with E-state index in [9.17, 15) is 4.79 Å². The van der Waals surface area contributed by atoms with Crippen molar-refractivity contribution in [1.82, 2.24) is 10.3 Å². The zero-order chi connectivity index (χ0) is 13.9. The number of nitrogens with zero attached hydrogens (tertiary/aromatic N) is 1. The number of carbonyl (C=O) groups is 1. The minimum absolute atomic E-state index is 0.196. The van der Waals surface area contributed by atoms with Crippen molar-refractivity contribution in [3.63, 3.8) is 0 Å². The fourth-order valence-corrected chi connectivity index (χ4v) is 1.41. The van der Waals surface area contributed by atoms with Gasteiger partial charge in [-0.3, -0.25) is 4.79 Å². The average molecular weight is 267 g/mol. The highest BCUT2D eigenvalue weighted by Crippen LogP contribution is 2.05. The Morgan fingerprint density at radius 2 is 2.16 bits per heavy atom. The molecule has 19 heavy (non-hydrogen) atoms. The van der Waals surface area contributed by atoms with Gasteiger partial charge in [-0.1, -0.05) is 0 Å². The molecule has 0 atom stereocenters. The number of amides is 1. The van der Waals surface area contributed by atoms with E-state index in [0.29, 0.717) is 32.1 Å². The summed E-state index contributed by atoms with van der Waals surface area (Å²) in [6, 6.07) is 3.53. The summed E-state index contributed by atoms with van der Waals surface area (Å²) in [6.45, 7) is 4.84. The van der Waals surface area contributed by atoms with Crippen LogP contribution in [0, 0.1) is 0 Å². The minimum atomic E-state index is -0.196. The maximum absolute atomic E-state index is 11.7. The number of aromatic nitrogens is 1. The van der Waals surface area contributed by atoms with Crippen LogP contribution in [0.5, 0.6) is 0 Å². The lowest BCUT2D eigenvalue weighted by atomic mass is 10.3. The molecule has 1 heterocycles. The van der Waals surface area contributed by atoms with E-state index in [2.05, 4.69) is 15.6 Å². The van der Waals surface area contributed by atoms with Gasteiger partial charge in [0.15, 0.2) is 0 Å². The predicted molar refractivity (Wildman–Crippen MR) is 73.4 cm³/mol. The molecule has 1 aromatic rings. The van der Waals surface area contributed by atoms with Crippen molar-refractivity contribution in [3.05, 3.63) is 24.0 Å². The van der Waals surface area contributed by atoms with E-state index in [-0.39, 0.29) is 5.91 Å². The second kappa shape index (κ2) is 9.29. The smallest absolute Gasteiger partial charge is 0.269 e. The highest BCUT2D eigenvalue weighted by molar-refractivity contribution is 5.92. The van der Waals surface area contributed by atoms with Crippen LogP contribution in [-0.2, 0) is 9.47 Å². The largest absolute Gasteiger partial charge is 0.384 e. The van der Waals surface area contributed by atoms with Gasteiger partial charge in [0.25, 0.3) is 5.91 Å². The number of methoxy groups -OCH3 is 1. The van der Waals surface area contributed by atoms with Gasteiger partial charge in [-0.2, -0.15) is 0 Å². The van der Waals surface area contributed by atoms with E-state index in [1.54, 1.807) is 19.4 Å². The molecule has 1 amide bonds. The molecule has 106 valence electrons. The fourth-order valence-electron chi connectivity index (χ4n) is 1.41. The molecule has 1 rings (SSSR count). The number of hydrogen-bond acceptors (Lipinski definition) is 5. The number of rotatable bonds is 9. The standard InChI is InChI=1S/C13H21N3O3/c1-3-14-11-4-5-12(16-10-11)13(17)15-6-7-19-9-8-18-2/h4-5,10,14H,3,6-9H2,1-2H3,(H,15,17). The van der Waals surface area contributed by atoms with Crippen LogP contribution in [0.15, 0.2) is 18.3 Å². The summed E-state index contributed by atoms with van der Waals surface area (Å²) in [7, 11) is 1.62. The van der Waals surface area contributed by atoms with Crippen molar-refractivity contribution in [1.29, 1.82) is 0 Å². The topological polar surface area (TPSA) is 72.5 Å². The van der Waals surface area contributed by atoms with Crippen molar-refractivity contribution in [3.8, 4) is 0 Å². The van der Waals surface area contributed by atoms with Crippen LogP contribution in [0.1, 0.15) is 17.4 Å². The molecule has 0 fully saturated rings. The van der Waals surface area contributed by atoms with Crippen LogP contribution in [0.3, 0.4) is 0 Å². The SMILES string of the molecule is CCNc1ccc(C(=O)NCCOCCOC)nc1. The van der Waals surface area contributed by atoms with Crippen LogP contribution in [0.2, 0.25) is 0 Å². The number of hydrogen-bond donors (Lipinski definition) is 2. The number of pyridine rings is 1. The summed E-state index contributed by atoms with van der Waals surface area (Å²) < 4.78 is 10.1. The van der Waals surface area contributed by atoms with E-state index in [1.165, 1.54) is 0 Å². The van der Waals surface area contributed by atoms with Crippen molar-refractivity contribution in [2.75, 3.05) is 45.3 Å². The average Bonchev–Trinajstić information content (AvgIpc) is 2.43. The van der Waals surface area contributed by atoms with E-state index < -0.39 is 0 Å². The Morgan fingerprint density at radius 1 is 1.32 bits per heavy atom. The van der Waals surface area contributed by atoms with E-state index >= 15 is 0 Å². The third kappa shape index (κ3) is 6.17. The number of carbonyl (C=O) groups excluding carboxylic acids is 1. The Morgan fingerprint density at radius 3 is 2.79 bits per heavy atom. The van der Waals surface area contributed by atoms with Crippen molar-refractivity contribution in [2.24, 2.45) is 0 Å². The Labute approximate surface area is 113 Å². The molecule has 0 bridgehead atoms. The third-order valence-electron chi connectivity index (χ3n) is 2.34. The lowest BCUT2D eigenvalue weighted by Crippen LogP contribution is -2.28.